The fourth-order valence-electron chi connectivity index (χ4n) is 1.49. The van der Waals surface area contributed by atoms with Gasteiger partial charge in [-0.1, -0.05) is 20.8 Å². The van der Waals surface area contributed by atoms with Gasteiger partial charge in [0.2, 0.25) is 0 Å². The first-order chi connectivity index (χ1) is 5.99. The van der Waals surface area contributed by atoms with Gasteiger partial charge in [-0.25, -0.2) is 0 Å². The van der Waals surface area contributed by atoms with Crippen molar-refractivity contribution in [2.45, 2.75) is 46.1 Å². The molecular formula is C11H20O2. The van der Waals surface area contributed by atoms with Gasteiger partial charge in [-0.05, 0) is 30.8 Å². The number of hydrogen-bond acceptors (Lipinski definition) is 2. The Kier molecular flexibility index (Phi) is 3.37. The normalized spacial score (nSPS) is 20.5. The highest BCUT2D eigenvalue weighted by molar-refractivity contribution is 5.02. The smallest absolute Gasteiger partial charge is 0.120 e. The minimum atomic E-state index is -0.416. The van der Waals surface area contributed by atoms with Crippen molar-refractivity contribution in [1.82, 2.24) is 0 Å². The first-order valence-corrected chi connectivity index (χ1v) is 5.00. The Labute approximate surface area is 80.6 Å². The summed E-state index contributed by atoms with van der Waals surface area (Å²) in [7, 11) is 0. The maximum absolute atomic E-state index is 9.82. The molecule has 76 valence electrons. The Morgan fingerprint density at radius 1 is 1.54 bits per heavy atom. The van der Waals surface area contributed by atoms with Gasteiger partial charge in [0.1, 0.15) is 11.9 Å². The molecule has 0 fully saturated rings. The van der Waals surface area contributed by atoms with Crippen LogP contribution in [0.3, 0.4) is 0 Å². The Morgan fingerprint density at radius 3 is 2.69 bits per heavy atom. The summed E-state index contributed by atoms with van der Waals surface area (Å²) in [6.07, 6.45) is 4.47. The van der Waals surface area contributed by atoms with Crippen LogP contribution in [-0.4, -0.2) is 17.8 Å². The average molecular weight is 184 g/mol. The molecule has 1 rings (SSSR count). The highest BCUT2D eigenvalue weighted by Crippen LogP contribution is 2.25. The summed E-state index contributed by atoms with van der Waals surface area (Å²) in [6.45, 7) is 7.13. The maximum Gasteiger partial charge on any atom is 0.120 e. The minimum Gasteiger partial charge on any atom is -0.496 e. The van der Waals surface area contributed by atoms with Crippen LogP contribution in [0.15, 0.2) is 11.8 Å². The van der Waals surface area contributed by atoms with Gasteiger partial charge < -0.3 is 9.84 Å². The molecule has 13 heavy (non-hydrogen) atoms. The van der Waals surface area contributed by atoms with Crippen molar-refractivity contribution in [3.63, 3.8) is 0 Å². The standard InChI is InChI=1S/C11H20O2/c1-11(2,3)8-9(12)10-6-4-5-7-13-10/h6,9,12H,4-5,7-8H2,1-3H3. The predicted octanol–water partition coefficient (Wildman–Crippen LogP) is 2.48. The lowest BCUT2D eigenvalue weighted by atomic mass is 9.88. The number of allylic oxidation sites excluding steroid dienone is 1. The van der Waals surface area contributed by atoms with E-state index < -0.39 is 6.10 Å². The fraction of sp³-hybridized carbons (Fsp3) is 0.818. The second kappa shape index (κ2) is 4.14. The number of hydrogen-bond donors (Lipinski definition) is 1. The van der Waals surface area contributed by atoms with Gasteiger partial charge in [0, 0.05) is 0 Å². The lowest BCUT2D eigenvalue weighted by molar-refractivity contribution is 0.0660. The van der Waals surface area contributed by atoms with Crippen LogP contribution in [-0.2, 0) is 4.74 Å². The molecule has 0 aromatic heterocycles. The van der Waals surface area contributed by atoms with Gasteiger partial charge in [-0.2, -0.15) is 0 Å². The van der Waals surface area contributed by atoms with Crippen molar-refractivity contribution in [2.24, 2.45) is 5.41 Å². The Morgan fingerprint density at radius 2 is 2.23 bits per heavy atom. The van der Waals surface area contributed by atoms with E-state index in [9.17, 15) is 5.11 Å². The molecule has 0 amide bonds. The Bertz CT molecular complexity index is 189. The van der Waals surface area contributed by atoms with Crippen molar-refractivity contribution in [1.29, 1.82) is 0 Å². The summed E-state index contributed by atoms with van der Waals surface area (Å²) in [6, 6.07) is 0. The van der Waals surface area contributed by atoms with Gasteiger partial charge in [-0.3, -0.25) is 0 Å². The van der Waals surface area contributed by atoms with Gasteiger partial charge in [0.15, 0.2) is 0 Å². The Balaban J connectivity index is 2.47. The zero-order valence-electron chi connectivity index (χ0n) is 8.84. The molecule has 1 aliphatic heterocycles. The largest absolute Gasteiger partial charge is 0.496 e. The van der Waals surface area contributed by atoms with Gasteiger partial charge in [0.05, 0.1) is 6.61 Å². The summed E-state index contributed by atoms with van der Waals surface area (Å²) in [5.41, 5.74) is 0.154. The van der Waals surface area contributed by atoms with Crippen LogP contribution >= 0.6 is 0 Å². The predicted molar refractivity (Wildman–Crippen MR) is 53.3 cm³/mol. The minimum absolute atomic E-state index is 0.154. The molecule has 0 spiro atoms. The third-order valence-corrected chi connectivity index (χ3v) is 2.10. The van der Waals surface area contributed by atoms with Crippen LogP contribution in [0.1, 0.15) is 40.0 Å². The topological polar surface area (TPSA) is 29.5 Å². The molecule has 1 aliphatic rings. The Hall–Kier alpha value is -0.500. The van der Waals surface area contributed by atoms with E-state index in [0.29, 0.717) is 0 Å². The molecule has 0 aromatic carbocycles. The van der Waals surface area contributed by atoms with Crippen molar-refractivity contribution >= 4 is 0 Å². The summed E-state index contributed by atoms with van der Waals surface area (Å²) >= 11 is 0. The van der Waals surface area contributed by atoms with Crippen LogP contribution in [0.2, 0.25) is 0 Å². The molecule has 0 saturated heterocycles. The van der Waals surface area contributed by atoms with Crippen LogP contribution in [0.5, 0.6) is 0 Å². The van der Waals surface area contributed by atoms with Crippen LogP contribution < -0.4 is 0 Å². The van der Waals surface area contributed by atoms with Crippen LogP contribution in [0.25, 0.3) is 0 Å². The zero-order valence-corrected chi connectivity index (χ0v) is 8.84. The number of aliphatic hydroxyl groups excluding tert-OH is 1. The molecule has 1 atom stereocenters. The first-order valence-electron chi connectivity index (χ1n) is 5.00. The second-order valence-electron chi connectivity index (χ2n) is 4.88. The molecule has 2 nitrogen and oxygen atoms in total. The van der Waals surface area contributed by atoms with Gasteiger partial charge in [-0.15, -0.1) is 0 Å². The molecule has 0 aromatic rings. The molecule has 1 N–H and O–H groups in total. The molecule has 0 aliphatic carbocycles. The van der Waals surface area contributed by atoms with Gasteiger partial charge >= 0.3 is 0 Å². The fourth-order valence-corrected chi connectivity index (χ4v) is 1.49. The van der Waals surface area contributed by atoms with Crippen molar-refractivity contribution in [3.8, 4) is 0 Å². The van der Waals surface area contributed by atoms with Crippen LogP contribution in [0.4, 0.5) is 0 Å². The third-order valence-electron chi connectivity index (χ3n) is 2.10. The van der Waals surface area contributed by atoms with Gasteiger partial charge in [0.25, 0.3) is 0 Å². The monoisotopic (exact) mass is 184 g/mol. The summed E-state index contributed by atoms with van der Waals surface area (Å²) in [5, 5.41) is 9.82. The number of rotatable bonds is 2. The van der Waals surface area contributed by atoms with E-state index in [1.807, 2.05) is 6.08 Å². The lowest BCUT2D eigenvalue weighted by Gasteiger charge is -2.25. The molecule has 0 bridgehead atoms. The number of ether oxygens (including phenoxy) is 1. The molecule has 1 heterocycles. The quantitative estimate of drug-likeness (QED) is 0.714. The summed E-state index contributed by atoms with van der Waals surface area (Å²) in [4.78, 5) is 0. The first kappa shape index (κ1) is 10.6. The van der Waals surface area contributed by atoms with Crippen molar-refractivity contribution < 1.29 is 9.84 Å². The van der Waals surface area contributed by atoms with E-state index in [2.05, 4.69) is 20.8 Å². The second-order valence-corrected chi connectivity index (χ2v) is 4.88. The van der Waals surface area contributed by atoms with E-state index in [1.165, 1.54) is 0 Å². The molecule has 1 unspecified atom stereocenters. The van der Waals surface area contributed by atoms with E-state index in [4.69, 9.17) is 4.74 Å². The molecular weight excluding hydrogens is 164 g/mol. The van der Waals surface area contributed by atoms with E-state index in [1.54, 1.807) is 0 Å². The van der Waals surface area contributed by atoms with Crippen molar-refractivity contribution in [2.75, 3.05) is 6.61 Å². The molecule has 2 heteroatoms. The van der Waals surface area contributed by atoms with E-state index in [-0.39, 0.29) is 5.41 Å². The molecule has 0 radical (unpaired) electrons. The zero-order chi connectivity index (χ0) is 9.90. The van der Waals surface area contributed by atoms with E-state index >= 15 is 0 Å². The third kappa shape index (κ3) is 3.81. The average Bonchev–Trinajstić information content (AvgIpc) is 2.03. The highest BCUT2D eigenvalue weighted by Gasteiger charge is 2.21. The van der Waals surface area contributed by atoms with E-state index in [0.717, 1.165) is 31.6 Å². The number of aliphatic hydroxyl groups is 1. The SMILES string of the molecule is CC(C)(C)CC(O)C1=CCCCO1. The van der Waals surface area contributed by atoms with Crippen molar-refractivity contribution in [3.05, 3.63) is 11.8 Å². The molecule has 0 saturated carbocycles. The summed E-state index contributed by atoms with van der Waals surface area (Å²) in [5.74, 6) is 0.779. The summed E-state index contributed by atoms with van der Waals surface area (Å²) < 4.78 is 5.40. The van der Waals surface area contributed by atoms with Crippen LogP contribution in [0, 0.1) is 5.41 Å². The lowest BCUT2D eigenvalue weighted by Crippen LogP contribution is -2.22. The highest BCUT2D eigenvalue weighted by atomic mass is 16.5. The maximum atomic E-state index is 9.82.